The van der Waals surface area contributed by atoms with Gasteiger partial charge >= 0.3 is 0 Å². The Kier molecular flexibility index (Phi) is 3.49. The lowest BCUT2D eigenvalue weighted by molar-refractivity contribution is 0.349. The van der Waals surface area contributed by atoms with Gasteiger partial charge < -0.3 is 10.5 Å². The molecule has 0 radical (unpaired) electrons. The lowest BCUT2D eigenvalue weighted by Gasteiger charge is -2.16. The second-order valence-electron chi connectivity index (χ2n) is 5.01. The number of para-hydroxylation sites is 1. The van der Waals surface area contributed by atoms with E-state index < -0.39 is 0 Å². The third-order valence-corrected chi connectivity index (χ3v) is 3.20. The van der Waals surface area contributed by atoms with Crippen LogP contribution in [0.15, 0.2) is 18.2 Å². The maximum absolute atomic E-state index is 6.24. The highest BCUT2D eigenvalue weighted by Gasteiger charge is 2.19. The van der Waals surface area contributed by atoms with Gasteiger partial charge in [-0.2, -0.15) is 0 Å². The minimum atomic E-state index is 0.121. The number of fused-ring (bicyclic) bond motifs is 1. The molecule has 0 aliphatic carbocycles. The Bertz CT molecular complexity index is 360. The summed E-state index contributed by atoms with van der Waals surface area (Å²) in [4.78, 5) is 0. The van der Waals surface area contributed by atoms with E-state index in [4.69, 9.17) is 10.5 Å². The largest absolute Gasteiger partial charge is 0.493 e. The molecule has 0 saturated heterocycles. The van der Waals surface area contributed by atoms with Gasteiger partial charge in [0, 0.05) is 18.0 Å². The summed E-state index contributed by atoms with van der Waals surface area (Å²) in [5.74, 6) is 1.77. The van der Waals surface area contributed by atoms with Crippen molar-refractivity contribution in [2.75, 3.05) is 6.61 Å². The zero-order chi connectivity index (χ0) is 11.5. The fraction of sp³-hybridized carbons (Fsp3) is 0.571. The average molecular weight is 219 g/mol. The molecule has 1 aromatic rings. The molecule has 16 heavy (non-hydrogen) atoms. The Morgan fingerprint density at radius 2 is 2.12 bits per heavy atom. The van der Waals surface area contributed by atoms with Crippen LogP contribution in [-0.2, 0) is 6.42 Å². The maximum atomic E-state index is 6.24. The van der Waals surface area contributed by atoms with Crippen LogP contribution in [0.2, 0.25) is 0 Å². The van der Waals surface area contributed by atoms with Gasteiger partial charge in [-0.05, 0) is 24.3 Å². The quantitative estimate of drug-likeness (QED) is 0.844. The van der Waals surface area contributed by atoms with Crippen LogP contribution in [-0.4, -0.2) is 6.61 Å². The van der Waals surface area contributed by atoms with E-state index >= 15 is 0 Å². The van der Waals surface area contributed by atoms with Gasteiger partial charge in [0.1, 0.15) is 5.75 Å². The number of rotatable bonds is 4. The summed E-state index contributed by atoms with van der Waals surface area (Å²) < 4.78 is 5.68. The molecule has 0 spiro atoms. The van der Waals surface area contributed by atoms with Crippen molar-refractivity contribution in [3.05, 3.63) is 29.3 Å². The van der Waals surface area contributed by atoms with E-state index in [-0.39, 0.29) is 6.04 Å². The third kappa shape index (κ3) is 2.38. The summed E-state index contributed by atoms with van der Waals surface area (Å²) in [5.41, 5.74) is 8.74. The van der Waals surface area contributed by atoms with Crippen LogP contribution in [0.1, 0.15) is 43.9 Å². The van der Waals surface area contributed by atoms with Crippen LogP contribution in [0.25, 0.3) is 0 Å². The molecular weight excluding hydrogens is 198 g/mol. The van der Waals surface area contributed by atoms with E-state index in [0.717, 1.165) is 25.2 Å². The van der Waals surface area contributed by atoms with Gasteiger partial charge in [0.25, 0.3) is 0 Å². The predicted molar refractivity (Wildman–Crippen MR) is 66.6 cm³/mol. The van der Waals surface area contributed by atoms with Gasteiger partial charge in [0.05, 0.1) is 6.61 Å². The number of ether oxygens (including phenoxy) is 1. The van der Waals surface area contributed by atoms with Crippen molar-refractivity contribution in [2.45, 2.75) is 39.2 Å². The highest BCUT2D eigenvalue weighted by Crippen LogP contribution is 2.34. The van der Waals surface area contributed by atoms with E-state index in [1.54, 1.807) is 0 Å². The lowest BCUT2D eigenvalue weighted by Crippen LogP contribution is -2.12. The molecule has 0 amide bonds. The van der Waals surface area contributed by atoms with Gasteiger partial charge in [-0.25, -0.2) is 0 Å². The molecular formula is C14H21NO. The number of hydrogen-bond acceptors (Lipinski definition) is 2. The normalized spacial score (nSPS) is 16.0. The van der Waals surface area contributed by atoms with Crippen LogP contribution in [0.5, 0.6) is 5.75 Å². The predicted octanol–water partition coefficient (Wildman–Crippen LogP) is 3.06. The van der Waals surface area contributed by atoms with Gasteiger partial charge in [-0.1, -0.05) is 32.0 Å². The molecule has 2 nitrogen and oxygen atoms in total. The van der Waals surface area contributed by atoms with E-state index in [2.05, 4.69) is 32.0 Å². The standard InChI is InChI=1S/C14H21NO/c1-10(2)6-7-13(15)12-5-3-4-11-8-9-16-14(11)12/h3-5,10,13H,6-9,15H2,1-2H3. The number of nitrogens with two attached hydrogens (primary N) is 1. The van der Waals surface area contributed by atoms with Gasteiger partial charge in [-0.15, -0.1) is 0 Å². The lowest BCUT2D eigenvalue weighted by atomic mass is 9.96. The molecule has 1 unspecified atom stereocenters. The topological polar surface area (TPSA) is 35.2 Å². The van der Waals surface area contributed by atoms with Crippen molar-refractivity contribution in [1.29, 1.82) is 0 Å². The van der Waals surface area contributed by atoms with Crippen molar-refractivity contribution in [3.63, 3.8) is 0 Å². The third-order valence-electron chi connectivity index (χ3n) is 3.20. The fourth-order valence-corrected chi connectivity index (χ4v) is 2.20. The smallest absolute Gasteiger partial charge is 0.127 e. The van der Waals surface area contributed by atoms with Gasteiger partial charge in [-0.3, -0.25) is 0 Å². The zero-order valence-electron chi connectivity index (χ0n) is 10.2. The highest BCUT2D eigenvalue weighted by atomic mass is 16.5. The first-order valence-corrected chi connectivity index (χ1v) is 6.18. The summed E-state index contributed by atoms with van der Waals surface area (Å²) in [6, 6.07) is 6.46. The van der Waals surface area contributed by atoms with Crippen LogP contribution in [0, 0.1) is 5.92 Å². The average Bonchev–Trinajstić information content (AvgIpc) is 2.73. The summed E-state index contributed by atoms with van der Waals surface area (Å²) in [5, 5.41) is 0. The van der Waals surface area contributed by atoms with Crippen molar-refractivity contribution in [3.8, 4) is 5.75 Å². The summed E-state index contributed by atoms with van der Waals surface area (Å²) in [7, 11) is 0. The van der Waals surface area contributed by atoms with Gasteiger partial charge in [0.2, 0.25) is 0 Å². The molecule has 2 rings (SSSR count). The number of hydrogen-bond donors (Lipinski definition) is 1. The van der Waals surface area contributed by atoms with Crippen molar-refractivity contribution >= 4 is 0 Å². The monoisotopic (exact) mass is 219 g/mol. The Morgan fingerprint density at radius 1 is 1.31 bits per heavy atom. The molecule has 1 heterocycles. The molecule has 0 aromatic heterocycles. The SMILES string of the molecule is CC(C)CCC(N)c1cccc2c1OCC2. The molecule has 88 valence electrons. The summed E-state index contributed by atoms with van der Waals surface area (Å²) in [6.45, 7) is 5.28. The van der Waals surface area contributed by atoms with Gasteiger partial charge in [0.15, 0.2) is 0 Å². The van der Waals surface area contributed by atoms with Crippen molar-refractivity contribution in [2.24, 2.45) is 11.7 Å². The highest BCUT2D eigenvalue weighted by molar-refractivity contribution is 5.45. The first-order valence-electron chi connectivity index (χ1n) is 6.18. The van der Waals surface area contributed by atoms with E-state index in [1.807, 2.05) is 0 Å². The first-order chi connectivity index (χ1) is 7.68. The van der Waals surface area contributed by atoms with Crippen LogP contribution >= 0.6 is 0 Å². The first kappa shape index (κ1) is 11.5. The molecule has 0 saturated carbocycles. The molecule has 1 atom stereocenters. The van der Waals surface area contributed by atoms with Crippen LogP contribution in [0.3, 0.4) is 0 Å². The fourth-order valence-electron chi connectivity index (χ4n) is 2.20. The maximum Gasteiger partial charge on any atom is 0.127 e. The van der Waals surface area contributed by atoms with E-state index in [9.17, 15) is 0 Å². The molecule has 1 aromatic carbocycles. The van der Waals surface area contributed by atoms with Crippen molar-refractivity contribution in [1.82, 2.24) is 0 Å². The van der Waals surface area contributed by atoms with Crippen LogP contribution < -0.4 is 10.5 Å². The van der Waals surface area contributed by atoms with E-state index in [0.29, 0.717) is 5.92 Å². The zero-order valence-corrected chi connectivity index (χ0v) is 10.2. The Hall–Kier alpha value is -1.02. The molecule has 1 aliphatic heterocycles. The summed E-state index contributed by atoms with van der Waals surface area (Å²) >= 11 is 0. The molecule has 0 fully saturated rings. The summed E-state index contributed by atoms with van der Waals surface area (Å²) in [6.07, 6.45) is 3.24. The minimum Gasteiger partial charge on any atom is -0.493 e. The van der Waals surface area contributed by atoms with Crippen LogP contribution in [0.4, 0.5) is 0 Å². The Labute approximate surface area is 97.8 Å². The molecule has 1 aliphatic rings. The molecule has 2 heteroatoms. The second-order valence-corrected chi connectivity index (χ2v) is 5.01. The minimum absolute atomic E-state index is 0.121. The molecule has 0 bridgehead atoms. The Balaban J connectivity index is 2.11. The molecule has 2 N–H and O–H groups in total. The Morgan fingerprint density at radius 3 is 2.88 bits per heavy atom. The number of benzene rings is 1. The second kappa shape index (κ2) is 4.88. The van der Waals surface area contributed by atoms with Crippen molar-refractivity contribution < 1.29 is 4.74 Å². The van der Waals surface area contributed by atoms with E-state index in [1.165, 1.54) is 17.5 Å².